The summed E-state index contributed by atoms with van der Waals surface area (Å²) in [4.78, 5) is 38.2. The highest BCUT2D eigenvalue weighted by Crippen LogP contribution is 2.14. The Morgan fingerprint density at radius 3 is 0.946 bits per heavy atom. The minimum Gasteiger partial charge on any atom is -0.462 e. The third-order valence-corrected chi connectivity index (χ3v) is 12.7. The molecule has 74 heavy (non-hydrogen) atoms. The molecule has 0 aliphatic carbocycles. The van der Waals surface area contributed by atoms with Crippen molar-refractivity contribution in [2.75, 3.05) is 13.2 Å². The molecule has 0 radical (unpaired) electrons. The van der Waals surface area contributed by atoms with Crippen molar-refractivity contribution in [3.63, 3.8) is 0 Å². The van der Waals surface area contributed by atoms with Gasteiger partial charge in [0.25, 0.3) is 0 Å². The second kappa shape index (κ2) is 61.4. The smallest absolute Gasteiger partial charge is 0.306 e. The molecule has 0 saturated heterocycles. The van der Waals surface area contributed by atoms with Gasteiger partial charge in [-0.25, -0.2) is 0 Å². The molecule has 0 amide bonds. The molecule has 0 aromatic carbocycles. The summed E-state index contributed by atoms with van der Waals surface area (Å²) in [7, 11) is 0. The third-order valence-electron chi connectivity index (χ3n) is 12.7. The van der Waals surface area contributed by atoms with Crippen LogP contribution in [-0.4, -0.2) is 37.2 Å². The van der Waals surface area contributed by atoms with Gasteiger partial charge >= 0.3 is 17.9 Å². The lowest BCUT2D eigenvalue weighted by Gasteiger charge is -2.18. The van der Waals surface area contributed by atoms with Gasteiger partial charge in [-0.2, -0.15) is 0 Å². The predicted octanol–water partition coefficient (Wildman–Crippen LogP) is 20.8. The van der Waals surface area contributed by atoms with Crippen molar-refractivity contribution in [2.24, 2.45) is 0 Å². The topological polar surface area (TPSA) is 78.9 Å². The molecular formula is C68H112O6. The Morgan fingerprint density at radius 2 is 0.554 bits per heavy atom. The Bertz CT molecular complexity index is 1550. The van der Waals surface area contributed by atoms with E-state index in [1.54, 1.807) is 0 Å². The number of carbonyl (C=O) groups is 3. The first kappa shape index (κ1) is 69.8. The van der Waals surface area contributed by atoms with Gasteiger partial charge in [-0.3, -0.25) is 14.4 Å². The van der Waals surface area contributed by atoms with Gasteiger partial charge < -0.3 is 14.2 Å². The van der Waals surface area contributed by atoms with Crippen LogP contribution in [0.1, 0.15) is 271 Å². The first-order chi connectivity index (χ1) is 36.5. The predicted molar refractivity (Wildman–Crippen MR) is 320 cm³/mol. The Labute approximate surface area is 456 Å². The molecular weight excluding hydrogens is 913 g/mol. The lowest BCUT2D eigenvalue weighted by molar-refractivity contribution is -0.166. The fourth-order valence-electron chi connectivity index (χ4n) is 8.12. The van der Waals surface area contributed by atoms with Gasteiger partial charge in [-0.05, 0) is 122 Å². The first-order valence-electron chi connectivity index (χ1n) is 30.5. The molecule has 1 unspecified atom stereocenters. The summed E-state index contributed by atoms with van der Waals surface area (Å²) in [5.74, 6) is -1.01. The Morgan fingerprint density at radius 1 is 0.284 bits per heavy atom. The van der Waals surface area contributed by atoms with Crippen LogP contribution in [0.3, 0.4) is 0 Å². The molecule has 0 N–H and O–H groups in total. The van der Waals surface area contributed by atoms with Gasteiger partial charge in [0.15, 0.2) is 6.10 Å². The number of hydrogen-bond donors (Lipinski definition) is 0. The lowest BCUT2D eigenvalue weighted by Crippen LogP contribution is -2.30. The van der Waals surface area contributed by atoms with Gasteiger partial charge in [0.2, 0.25) is 0 Å². The summed E-state index contributed by atoms with van der Waals surface area (Å²) >= 11 is 0. The maximum atomic E-state index is 12.9. The zero-order valence-electron chi connectivity index (χ0n) is 48.1. The van der Waals surface area contributed by atoms with E-state index in [1.165, 1.54) is 122 Å². The average molecular weight is 1030 g/mol. The fourth-order valence-corrected chi connectivity index (χ4v) is 8.12. The fraction of sp³-hybridized carbons (Fsp3) is 0.662. The Balaban J connectivity index is 4.54. The lowest BCUT2D eigenvalue weighted by atomic mass is 10.1. The van der Waals surface area contributed by atoms with Crippen molar-refractivity contribution in [3.8, 4) is 0 Å². The molecule has 0 aliphatic heterocycles. The molecule has 0 saturated carbocycles. The maximum Gasteiger partial charge on any atom is 0.306 e. The van der Waals surface area contributed by atoms with E-state index in [9.17, 15) is 14.4 Å². The van der Waals surface area contributed by atoms with Crippen LogP contribution in [0.4, 0.5) is 0 Å². The van der Waals surface area contributed by atoms with E-state index in [0.717, 1.165) is 103 Å². The zero-order chi connectivity index (χ0) is 53.6. The van der Waals surface area contributed by atoms with E-state index in [4.69, 9.17) is 14.2 Å². The SMILES string of the molecule is CC/C=C\C/C=C\C/C=C\C/C=C\C/C=C\C/C=C\CCC(=O)OCC(COC(=O)CCCCCCCCC/C=C\CCCCCCCCC)OC(=O)CCCCCCCC/C=C\C/C=C\C/C=C\CCCCC. The van der Waals surface area contributed by atoms with Crippen LogP contribution in [0.15, 0.2) is 122 Å². The Kier molecular flexibility index (Phi) is 57.9. The van der Waals surface area contributed by atoms with Crippen LogP contribution >= 0.6 is 0 Å². The molecule has 420 valence electrons. The number of rotatable bonds is 54. The van der Waals surface area contributed by atoms with E-state index in [2.05, 4.69) is 136 Å². The molecule has 0 bridgehead atoms. The maximum absolute atomic E-state index is 12.9. The summed E-state index contributed by atoms with van der Waals surface area (Å²) < 4.78 is 16.8. The number of unbranched alkanes of at least 4 members (excludes halogenated alkanes) is 23. The van der Waals surface area contributed by atoms with Gasteiger partial charge in [-0.1, -0.05) is 251 Å². The van der Waals surface area contributed by atoms with Crippen molar-refractivity contribution in [1.82, 2.24) is 0 Å². The summed E-state index contributed by atoms with van der Waals surface area (Å²) in [5, 5.41) is 0. The van der Waals surface area contributed by atoms with Crippen LogP contribution < -0.4 is 0 Å². The number of allylic oxidation sites excluding steroid dienone is 20. The summed E-state index contributed by atoms with van der Waals surface area (Å²) in [6.45, 7) is 6.43. The third kappa shape index (κ3) is 58.7. The van der Waals surface area contributed by atoms with Crippen molar-refractivity contribution < 1.29 is 28.6 Å². The van der Waals surface area contributed by atoms with Crippen molar-refractivity contribution >= 4 is 17.9 Å². The van der Waals surface area contributed by atoms with E-state index in [-0.39, 0.29) is 37.5 Å². The molecule has 6 nitrogen and oxygen atoms in total. The van der Waals surface area contributed by atoms with E-state index < -0.39 is 6.10 Å². The minimum atomic E-state index is -0.822. The summed E-state index contributed by atoms with van der Waals surface area (Å²) in [6.07, 6.45) is 84.9. The van der Waals surface area contributed by atoms with E-state index >= 15 is 0 Å². The number of ether oxygens (including phenoxy) is 3. The molecule has 0 aromatic heterocycles. The Hall–Kier alpha value is -4.19. The standard InChI is InChI=1S/C68H112O6/c1-4-7-10-13-16-19-22-25-28-31-34-37-40-43-46-49-52-55-58-61-67(70)73-64-65(63-72-66(69)60-57-54-51-48-45-42-39-36-33-30-27-24-21-18-15-12-9-6-3)74-68(71)62-59-56-53-50-47-44-41-38-35-32-29-26-23-20-17-14-11-8-5-2/h7,10,16-17,19-20,25-26,28-30,33-35,37-38,43,46,52,55,65H,4-6,8-9,11-15,18,21-24,27,31-32,36,39-42,44-45,47-51,53-54,56-64H2,1-3H3/b10-7-,19-16-,20-17-,28-25-,29-26-,33-30-,37-34-,38-35-,46-43-,55-52-. The van der Waals surface area contributed by atoms with Gasteiger partial charge in [-0.15, -0.1) is 0 Å². The number of esters is 3. The van der Waals surface area contributed by atoms with Gasteiger partial charge in [0.1, 0.15) is 13.2 Å². The largest absolute Gasteiger partial charge is 0.462 e. The molecule has 0 rings (SSSR count). The quantitative estimate of drug-likeness (QED) is 0.0261. The highest BCUT2D eigenvalue weighted by atomic mass is 16.6. The summed E-state index contributed by atoms with van der Waals surface area (Å²) in [5.41, 5.74) is 0. The molecule has 1 atom stereocenters. The molecule has 0 heterocycles. The van der Waals surface area contributed by atoms with Gasteiger partial charge in [0.05, 0.1) is 0 Å². The van der Waals surface area contributed by atoms with Crippen LogP contribution in [0, 0.1) is 0 Å². The highest BCUT2D eigenvalue weighted by Gasteiger charge is 2.19. The molecule has 0 spiro atoms. The minimum absolute atomic E-state index is 0.111. The highest BCUT2D eigenvalue weighted by molar-refractivity contribution is 5.71. The van der Waals surface area contributed by atoms with Crippen LogP contribution in [0.25, 0.3) is 0 Å². The van der Waals surface area contributed by atoms with Crippen molar-refractivity contribution in [3.05, 3.63) is 122 Å². The first-order valence-corrected chi connectivity index (χ1v) is 30.5. The van der Waals surface area contributed by atoms with Gasteiger partial charge in [0, 0.05) is 19.3 Å². The number of hydrogen-bond acceptors (Lipinski definition) is 6. The monoisotopic (exact) mass is 1020 g/mol. The van der Waals surface area contributed by atoms with Crippen LogP contribution in [0.2, 0.25) is 0 Å². The average Bonchev–Trinajstić information content (AvgIpc) is 3.40. The second-order valence-electron chi connectivity index (χ2n) is 19.9. The second-order valence-corrected chi connectivity index (χ2v) is 19.9. The molecule has 6 heteroatoms. The van der Waals surface area contributed by atoms with Crippen LogP contribution in [0.5, 0.6) is 0 Å². The van der Waals surface area contributed by atoms with Crippen molar-refractivity contribution in [2.45, 2.75) is 277 Å². The van der Waals surface area contributed by atoms with Crippen molar-refractivity contribution in [1.29, 1.82) is 0 Å². The number of carbonyl (C=O) groups excluding carboxylic acids is 3. The molecule has 0 aromatic rings. The normalized spacial score (nSPS) is 13.0. The summed E-state index contributed by atoms with van der Waals surface area (Å²) in [6, 6.07) is 0. The zero-order valence-corrected chi connectivity index (χ0v) is 48.1. The van der Waals surface area contributed by atoms with E-state index in [0.29, 0.717) is 19.3 Å². The van der Waals surface area contributed by atoms with Crippen LogP contribution in [-0.2, 0) is 28.6 Å². The molecule has 0 aliphatic rings. The van der Waals surface area contributed by atoms with E-state index in [1.807, 2.05) is 6.08 Å². The molecule has 0 fully saturated rings.